The summed E-state index contributed by atoms with van der Waals surface area (Å²) in [7, 11) is 1.59. The average molecular weight is 603 g/mol. The van der Waals surface area contributed by atoms with Gasteiger partial charge < -0.3 is 9.47 Å². The summed E-state index contributed by atoms with van der Waals surface area (Å²) in [6.45, 7) is 7.49. The molecule has 0 radical (unpaired) electrons. The van der Waals surface area contributed by atoms with Gasteiger partial charge in [-0.2, -0.15) is 5.10 Å². The number of carbonyl (C=O) groups is 1. The lowest BCUT2D eigenvalue weighted by molar-refractivity contribution is -0.138. The molecule has 220 valence electrons. The fourth-order valence-electron chi connectivity index (χ4n) is 5.18. The number of methoxy groups -OCH3 is 1. The van der Waals surface area contributed by atoms with Gasteiger partial charge in [-0.25, -0.2) is 14.5 Å². The lowest BCUT2D eigenvalue weighted by atomic mass is 9.96. The van der Waals surface area contributed by atoms with Crippen LogP contribution in [0.2, 0.25) is 0 Å². The fourth-order valence-corrected chi connectivity index (χ4v) is 6.22. The third-order valence-corrected chi connectivity index (χ3v) is 8.36. The number of allylic oxidation sites excluding steroid dienone is 1. The topological polar surface area (TPSA) is 87.7 Å². The van der Waals surface area contributed by atoms with Gasteiger partial charge in [0.25, 0.3) is 5.56 Å². The molecule has 0 N–H and O–H groups in total. The molecule has 3 heterocycles. The third kappa shape index (κ3) is 5.45. The van der Waals surface area contributed by atoms with Crippen molar-refractivity contribution in [3.63, 3.8) is 0 Å². The molecule has 3 aromatic carbocycles. The molecule has 0 spiro atoms. The van der Waals surface area contributed by atoms with Gasteiger partial charge in [-0.3, -0.25) is 9.36 Å². The Balaban J connectivity index is 1.54. The fraction of sp³-hybridized carbons (Fsp3) is 0.143. The maximum Gasteiger partial charge on any atom is 0.338 e. The zero-order chi connectivity index (χ0) is 30.8. The molecular weight excluding hydrogens is 572 g/mol. The Labute approximate surface area is 258 Å². The summed E-state index contributed by atoms with van der Waals surface area (Å²) in [6.07, 6.45) is 5.28. The summed E-state index contributed by atoms with van der Waals surface area (Å²) in [5.41, 5.74) is 5.76. The van der Waals surface area contributed by atoms with Crippen LogP contribution in [0.15, 0.2) is 119 Å². The Bertz CT molecular complexity index is 2070. The van der Waals surface area contributed by atoms with Crippen LogP contribution in [0.1, 0.15) is 29.7 Å². The molecule has 0 saturated carbocycles. The minimum atomic E-state index is -0.736. The van der Waals surface area contributed by atoms with E-state index in [1.54, 1.807) is 30.7 Å². The van der Waals surface area contributed by atoms with Crippen LogP contribution < -0.4 is 19.6 Å². The van der Waals surface area contributed by atoms with Crippen molar-refractivity contribution in [3.8, 4) is 22.7 Å². The maximum absolute atomic E-state index is 14.2. The van der Waals surface area contributed by atoms with Gasteiger partial charge in [0.2, 0.25) is 0 Å². The molecule has 0 bridgehead atoms. The van der Waals surface area contributed by atoms with Crippen molar-refractivity contribution in [2.75, 3.05) is 13.7 Å². The van der Waals surface area contributed by atoms with Gasteiger partial charge in [-0.05, 0) is 49.8 Å². The van der Waals surface area contributed by atoms with E-state index in [-0.39, 0.29) is 12.2 Å². The summed E-state index contributed by atoms with van der Waals surface area (Å²) >= 11 is 1.27. The van der Waals surface area contributed by atoms with Crippen molar-refractivity contribution in [1.29, 1.82) is 0 Å². The number of fused-ring (bicyclic) bond motifs is 1. The number of thiazole rings is 1. The molecule has 0 fully saturated rings. The highest BCUT2D eigenvalue weighted by Crippen LogP contribution is 2.32. The predicted octanol–water partition coefficient (Wildman–Crippen LogP) is 5.13. The standard InChI is InChI=1S/C35H30N4O4S/c1-5-19-43-34(41)30-23(3)36-35-39(32(30)25-15-17-28(42-4)18-16-25)33(40)29(44-35)20-26-21-38(27-9-7-6-8-10-27)37-31(26)24-13-11-22(2)12-14-24/h5-18,20-21,32H,1,19H2,2-4H3/b29-20-. The largest absolute Gasteiger partial charge is 0.497 e. The molecule has 1 unspecified atom stereocenters. The van der Waals surface area contributed by atoms with E-state index < -0.39 is 12.0 Å². The van der Waals surface area contributed by atoms with Crippen LogP contribution in [0.3, 0.4) is 0 Å². The number of hydrogen-bond acceptors (Lipinski definition) is 7. The lowest BCUT2D eigenvalue weighted by Gasteiger charge is -2.24. The molecule has 6 rings (SSSR count). The normalized spacial score (nSPS) is 14.6. The number of esters is 1. The molecule has 9 heteroatoms. The summed E-state index contributed by atoms with van der Waals surface area (Å²) in [6, 6.07) is 24.5. The molecule has 1 aliphatic heterocycles. The molecule has 0 aliphatic carbocycles. The summed E-state index contributed by atoms with van der Waals surface area (Å²) < 4.78 is 14.6. The van der Waals surface area contributed by atoms with Crippen LogP contribution in [0, 0.1) is 6.92 Å². The third-order valence-electron chi connectivity index (χ3n) is 7.38. The zero-order valence-corrected chi connectivity index (χ0v) is 25.4. The van der Waals surface area contributed by atoms with Crippen molar-refractivity contribution in [1.82, 2.24) is 14.3 Å². The Morgan fingerprint density at radius 3 is 2.43 bits per heavy atom. The zero-order valence-electron chi connectivity index (χ0n) is 24.6. The average Bonchev–Trinajstić information content (AvgIpc) is 3.60. The van der Waals surface area contributed by atoms with Gasteiger partial charge in [0.05, 0.1) is 40.3 Å². The van der Waals surface area contributed by atoms with E-state index in [9.17, 15) is 9.59 Å². The molecule has 8 nitrogen and oxygen atoms in total. The number of carbonyl (C=O) groups excluding carboxylic acids is 1. The Kier molecular flexibility index (Phi) is 7.95. The molecule has 2 aromatic heterocycles. The van der Waals surface area contributed by atoms with Crippen molar-refractivity contribution >= 4 is 23.4 Å². The predicted molar refractivity (Wildman–Crippen MR) is 172 cm³/mol. The van der Waals surface area contributed by atoms with E-state index >= 15 is 0 Å². The molecule has 0 amide bonds. The SMILES string of the molecule is C=CCOC(=O)C1=C(C)N=c2s/c(=C\c3cn(-c4ccccc4)nc3-c3ccc(C)cc3)c(=O)n2C1c1ccc(OC)cc1. The second kappa shape index (κ2) is 12.1. The van der Waals surface area contributed by atoms with Gasteiger partial charge in [0, 0.05) is 17.3 Å². The first kappa shape index (κ1) is 28.8. The minimum absolute atomic E-state index is 0.0442. The molecule has 1 aliphatic rings. The first-order valence-electron chi connectivity index (χ1n) is 14.0. The minimum Gasteiger partial charge on any atom is -0.497 e. The van der Waals surface area contributed by atoms with E-state index in [1.165, 1.54) is 17.4 Å². The highest BCUT2D eigenvalue weighted by atomic mass is 32.1. The van der Waals surface area contributed by atoms with E-state index in [1.807, 2.05) is 90.6 Å². The first-order valence-corrected chi connectivity index (χ1v) is 14.9. The van der Waals surface area contributed by atoms with Crippen molar-refractivity contribution in [2.45, 2.75) is 19.9 Å². The Morgan fingerprint density at radius 2 is 1.75 bits per heavy atom. The second-order valence-corrected chi connectivity index (χ2v) is 11.3. The van der Waals surface area contributed by atoms with E-state index in [0.717, 1.165) is 33.6 Å². The van der Waals surface area contributed by atoms with E-state index in [4.69, 9.17) is 19.6 Å². The van der Waals surface area contributed by atoms with Gasteiger partial charge >= 0.3 is 5.97 Å². The van der Waals surface area contributed by atoms with Gasteiger partial charge in [-0.1, -0.05) is 84.2 Å². The second-order valence-electron chi connectivity index (χ2n) is 10.3. The molecule has 0 saturated heterocycles. The van der Waals surface area contributed by atoms with Crippen molar-refractivity contribution in [2.24, 2.45) is 4.99 Å². The number of hydrogen-bond donors (Lipinski definition) is 0. The Morgan fingerprint density at radius 1 is 1.02 bits per heavy atom. The number of ether oxygens (including phenoxy) is 2. The van der Waals surface area contributed by atoms with Gasteiger partial charge in [0.15, 0.2) is 4.80 Å². The van der Waals surface area contributed by atoms with Crippen molar-refractivity contribution < 1.29 is 14.3 Å². The van der Waals surface area contributed by atoms with Crippen LogP contribution in [-0.4, -0.2) is 34.0 Å². The number of para-hydroxylation sites is 1. The van der Waals surface area contributed by atoms with Gasteiger partial charge in [0.1, 0.15) is 12.4 Å². The highest BCUT2D eigenvalue weighted by molar-refractivity contribution is 7.07. The molecule has 44 heavy (non-hydrogen) atoms. The Hall–Kier alpha value is -5.28. The van der Waals surface area contributed by atoms with Crippen LogP contribution in [0.25, 0.3) is 23.0 Å². The van der Waals surface area contributed by atoms with Crippen molar-refractivity contribution in [3.05, 3.63) is 145 Å². The first-order chi connectivity index (χ1) is 21.4. The number of rotatable bonds is 8. The smallest absolute Gasteiger partial charge is 0.338 e. The van der Waals surface area contributed by atoms with Crippen LogP contribution in [0.4, 0.5) is 0 Å². The molecule has 5 aromatic rings. The quantitative estimate of drug-likeness (QED) is 0.182. The highest BCUT2D eigenvalue weighted by Gasteiger charge is 2.33. The molecular formula is C35H30N4O4S. The monoisotopic (exact) mass is 602 g/mol. The summed E-state index contributed by atoms with van der Waals surface area (Å²) in [4.78, 5) is 32.7. The van der Waals surface area contributed by atoms with E-state index in [2.05, 4.69) is 6.58 Å². The number of benzene rings is 3. The maximum atomic E-state index is 14.2. The molecule has 1 atom stereocenters. The van der Waals surface area contributed by atoms with Gasteiger partial charge in [-0.15, -0.1) is 0 Å². The van der Waals surface area contributed by atoms with Crippen LogP contribution in [0.5, 0.6) is 5.75 Å². The number of nitrogens with zero attached hydrogens (tertiary/aromatic N) is 4. The van der Waals surface area contributed by atoms with Crippen LogP contribution >= 0.6 is 11.3 Å². The summed E-state index contributed by atoms with van der Waals surface area (Å²) in [5, 5.41) is 4.91. The number of aryl methyl sites for hydroxylation is 1. The van der Waals surface area contributed by atoms with Crippen LogP contribution in [-0.2, 0) is 9.53 Å². The van der Waals surface area contributed by atoms with E-state index in [0.29, 0.717) is 26.4 Å². The summed E-state index contributed by atoms with van der Waals surface area (Å²) in [5.74, 6) is 0.115. The number of aromatic nitrogens is 3. The lowest BCUT2D eigenvalue weighted by Crippen LogP contribution is -2.39.